The first kappa shape index (κ1) is 12.2. The Bertz CT molecular complexity index is 345. The fraction of sp³-hybridized carbons (Fsp3) is 0.556. The molecule has 15 heavy (non-hydrogen) atoms. The van der Waals surface area contributed by atoms with Gasteiger partial charge in [0, 0.05) is 18.2 Å². The SMILES string of the molecule is Cc1nc(C(=O)CCCC(F)(F)F)cs1. The van der Waals surface area contributed by atoms with Gasteiger partial charge < -0.3 is 0 Å². The summed E-state index contributed by atoms with van der Waals surface area (Å²) in [5.41, 5.74) is 0.277. The molecule has 0 spiro atoms. The Balaban J connectivity index is 2.37. The Hall–Kier alpha value is -0.910. The smallest absolute Gasteiger partial charge is 0.292 e. The van der Waals surface area contributed by atoms with Crippen LogP contribution in [0.1, 0.15) is 34.8 Å². The van der Waals surface area contributed by atoms with Gasteiger partial charge in [-0.1, -0.05) is 0 Å². The van der Waals surface area contributed by atoms with Crippen LogP contribution in [-0.2, 0) is 0 Å². The molecule has 84 valence electrons. The number of aromatic nitrogens is 1. The zero-order valence-corrected chi connectivity index (χ0v) is 8.91. The number of Topliss-reactive ketones (excluding diaryl/α,β-unsaturated/α-hetero) is 1. The van der Waals surface area contributed by atoms with Crippen molar-refractivity contribution >= 4 is 17.1 Å². The van der Waals surface area contributed by atoms with E-state index in [1.165, 1.54) is 11.3 Å². The van der Waals surface area contributed by atoms with Crippen molar-refractivity contribution in [3.05, 3.63) is 16.1 Å². The number of aryl methyl sites for hydroxylation is 1. The number of thiazole rings is 1. The van der Waals surface area contributed by atoms with Crippen LogP contribution in [0.15, 0.2) is 5.38 Å². The van der Waals surface area contributed by atoms with Gasteiger partial charge in [-0.25, -0.2) is 4.98 Å². The second-order valence-corrected chi connectivity index (χ2v) is 4.21. The Morgan fingerprint density at radius 1 is 1.53 bits per heavy atom. The molecule has 0 unspecified atom stereocenters. The predicted octanol–water partition coefficient (Wildman–Crippen LogP) is 3.37. The van der Waals surface area contributed by atoms with Crippen LogP contribution in [0.2, 0.25) is 0 Å². The monoisotopic (exact) mass is 237 g/mol. The average molecular weight is 237 g/mol. The molecule has 1 aromatic heterocycles. The van der Waals surface area contributed by atoms with Crippen molar-refractivity contribution in [3.8, 4) is 0 Å². The molecule has 2 nitrogen and oxygen atoms in total. The van der Waals surface area contributed by atoms with E-state index in [1.54, 1.807) is 12.3 Å². The third-order valence-corrected chi connectivity index (χ3v) is 2.54. The zero-order valence-electron chi connectivity index (χ0n) is 8.10. The molecule has 0 aromatic carbocycles. The van der Waals surface area contributed by atoms with Crippen LogP contribution in [0.5, 0.6) is 0 Å². The highest BCUT2D eigenvalue weighted by Crippen LogP contribution is 2.23. The lowest BCUT2D eigenvalue weighted by Gasteiger charge is -2.03. The molecule has 0 aliphatic rings. The number of hydrogen-bond acceptors (Lipinski definition) is 3. The van der Waals surface area contributed by atoms with Crippen molar-refractivity contribution < 1.29 is 18.0 Å². The Morgan fingerprint density at radius 2 is 2.20 bits per heavy atom. The van der Waals surface area contributed by atoms with Gasteiger partial charge in [0.05, 0.1) is 5.01 Å². The van der Waals surface area contributed by atoms with Crippen LogP contribution in [0.25, 0.3) is 0 Å². The van der Waals surface area contributed by atoms with Gasteiger partial charge in [-0.3, -0.25) is 4.79 Å². The van der Waals surface area contributed by atoms with Crippen molar-refractivity contribution in [3.63, 3.8) is 0 Å². The lowest BCUT2D eigenvalue weighted by atomic mass is 10.1. The molecule has 0 saturated heterocycles. The molecule has 1 heterocycles. The van der Waals surface area contributed by atoms with Crippen molar-refractivity contribution in [2.75, 3.05) is 0 Å². The van der Waals surface area contributed by atoms with Gasteiger partial charge in [0.2, 0.25) is 0 Å². The highest BCUT2D eigenvalue weighted by atomic mass is 32.1. The number of hydrogen-bond donors (Lipinski definition) is 0. The molecule has 0 aliphatic carbocycles. The molecule has 0 N–H and O–H groups in total. The highest BCUT2D eigenvalue weighted by Gasteiger charge is 2.26. The summed E-state index contributed by atoms with van der Waals surface area (Å²) in [4.78, 5) is 15.2. The Morgan fingerprint density at radius 3 is 2.67 bits per heavy atom. The maximum absolute atomic E-state index is 11.8. The zero-order chi connectivity index (χ0) is 11.5. The molecule has 0 fully saturated rings. The minimum Gasteiger partial charge on any atom is -0.292 e. The molecule has 0 bridgehead atoms. The Labute approximate surface area is 89.1 Å². The van der Waals surface area contributed by atoms with E-state index in [1.807, 2.05) is 0 Å². The molecule has 0 radical (unpaired) electrons. The number of carbonyl (C=O) groups excluding carboxylic acids is 1. The minimum absolute atomic E-state index is 0.0946. The summed E-state index contributed by atoms with van der Waals surface area (Å²) < 4.78 is 35.4. The maximum atomic E-state index is 11.8. The summed E-state index contributed by atoms with van der Waals surface area (Å²) in [5.74, 6) is -0.316. The normalized spacial score (nSPS) is 11.7. The molecule has 0 aliphatic heterocycles. The first-order valence-electron chi connectivity index (χ1n) is 4.40. The fourth-order valence-electron chi connectivity index (χ4n) is 1.07. The van der Waals surface area contributed by atoms with E-state index in [0.717, 1.165) is 5.01 Å². The van der Waals surface area contributed by atoms with Gasteiger partial charge in [0.15, 0.2) is 5.78 Å². The van der Waals surface area contributed by atoms with Crippen LogP contribution in [0.4, 0.5) is 13.2 Å². The largest absolute Gasteiger partial charge is 0.389 e. The van der Waals surface area contributed by atoms with Crippen LogP contribution < -0.4 is 0 Å². The van der Waals surface area contributed by atoms with Gasteiger partial charge >= 0.3 is 6.18 Å². The van der Waals surface area contributed by atoms with Gasteiger partial charge in [0.25, 0.3) is 0 Å². The summed E-state index contributed by atoms with van der Waals surface area (Å²) in [7, 11) is 0. The van der Waals surface area contributed by atoms with E-state index in [4.69, 9.17) is 0 Å². The molecular formula is C9H10F3NOS. The summed E-state index contributed by atoms with van der Waals surface area (Å²) in [6.45, 7) is 1.75. The molecule has 6 heteroatoms. The van der Waals surface area contributed by atoms with Crippen molar-refractivity contribution in [2.24, 2.45) is 0 Å². The topological polar surface area (TPSA) is 30.0 Å². The van der Waals surface area contributed by atoms with E-state index in [9.17, 15) is 18.0 Å². The van der Waals surface area contributed by atoms with Crippen molar-refractivity contribution in [1.82, 2.24) is 4.98 Å². The first-order chi connectivity index (χ1) is 6.88. The van der Waals surface area contributed by atoms with Crippen LogP contribution in [-0.4, -0.2) is 16.9 Å². The first-order valence-corrected chi connectivity index (χ1v) is 5.28. The van der Waals surface area contributed by atoms with Crippen LogP contribution in [0, 0.1) is 6.92 Å². The van der Waals surface area contributed by atoms with Crippen molar-refractivity contribution in [2.45, 2.75) is 32.4 Å². The average Bonchev–Trinajstić information content (AvgIpc) is 2.49. The number of halogens is 3. The second-order valence-electron chi connectivity index (χ2n) is 3.14. The van der Waals surface area contributed by atoms with E-state index in [-0.39, 0.29) is 24.3 Å². The van der Waals surface area contributed by atoms with Gasteiger partial charge in [-0.15, -0.1) is 11.3 Å². The summed E-state index contributed by atoms with van der Waals surface area (Å²) in [6, 6.07) is 0. The van der Waals surface area contributed by atoms with Crippen LogP contribution >= 0.6 is 11.3 Å². The molecule has 1 rings (SSSR count). The molecule has 0 amide bonds. The summed E-state index contributed by atoms with van der Waals surface area (Å²) in [6.07, 6.45) is -5.36. The van der Waals surface area contributed by atoms with Gasteiger partial charge in [-0.05, 0) is 13.3 Å². The molecule has 0 saturated carbocycles. The maximum Gasteiger partial charge on any atom is 0.389 e. The fourth-order valence-corrected chi connectivity index (χ4v) is 1.69. The molecular weight excluding hydrogens is 227 g/mol. The Kier molecular flexibility index (Phi) is 3.84. The van der Waals surface area contributed by atoms with Gasteiger partial charge in [0.1, 0.15) is 5.69 Å². The number of ketones is 1. The lowest BCUT2D eigenvalue weighted by Crippen LogP contribution is -2.08. The number of rotatable bonds is 4. The summed E-state index contributed by atoms with van der Waals surface area (Å²) in [5, 5.41) is 2.32. The number of nitrogens with zero attached hydrogens (tertiary/aromatic N) is 1. The van der Waals surface area contributed by atoms with E-state index >= 15 is 0 Å². The van der Waals surface area contributed by atoms with E-state index in [0.29, 0.717) is 0 Å². The van der Waals surface area contributed by atoms with E-state index < -0.39 is 12.6 Å². The number of carbonyl (C=O) groups is 1. The standard InChI is InChI=1S/C9H10F3NOS/c1-6-13-7(5-15-6)8(14)3-2-4-9(10,11)12/h5H,2-4H2,1H3. The quantitative estimate of drug-likeness (QED) is 0.751. The van der Waals surface area contributed by atoms with Crippen molar-refractivity contribution in [1.29, 1.82) is 0 Å². The lowest BCUT2D eigenvalue weighted by molar-refractivity contribution is -0.135. The van der Waals surface area contributed by atoms with Crippen LogP contribution in [0.3, 0.4) is 0 Å². The second kappa shape index (κ2) is 4.74. The third kappa shape index (κ3) is 4.42. The minimum atomic E-state index is -4.18. The van der Waals surface area contributed by atoms with E-state index in [2.05, 4.69) is 4.98 Å². The summed E-state index contributed by atoms with van der Waals surface area (Å²) >= 11 is 1.32. The number of alkyl halides is 3. The molecule has 0 atom stereocenters. The third-order valence-electron chi connectivity index (χ3n) is 1.77. The van der Waals surface area contributed by atoms with Gasteiger partial charge in [-0.2, -0.15) is 13.2 Å². The molecule has 1 aromatic rings. The highest BCUT2D eigenvalue weighted by molar-refractivity contribution is 7.09. The predicted molar refractivity (Wildman–Crippen MR) is 51.1 cm³/mol.